The van der Waals surface area contributed by atoms with Crippen molar-refractivity contribution in [2.24, 2.45) is 0 Å². The van der Waals surface area contributed by atoms with Gasteiger partial charge in [-0.3, -0.25) is 24.6 Å². The molecule has 0 saturated heterocycles. The van der Waals surface area contributed by atoms with E-state index < -0.39 is 28.5 Å². The third-order valence-electron chi connectivity index (χ3n) is 4.72. The highest BCUT2D eigenvalue weighted by molar-refractivity contribution is 6.36. The molecule has 1 heterocycles. The van der Waals surface area contributed by atoms with Gasteiger partial charge in [-0.15, -0.1) is 0 Å². The number of amides is 2. The van der Waals surface area contributed by atoms with Gasteiger partial charge in [0.15, 0.2) is 0 Å². The Labute approximate surface area is 180 Å². The van der Waals surface area contributed by atoms with E-state index in [0.717, 1.165) is 17.0 Å². The highest BCUT2D eigenvalue weighted by Crippen LogP contribution is 2.34. The fraction of sp³-hybridized carbons (Fsp3) is 0.238. The average Bonchev–Trinajstić information content (AvgIpc) is 2.97. The van der Waals surface area contributed by atoms with Crippen LogP contribution in [-0.2, 0) is 20.5 Å². The maximum Gasteiger partial charge on any atom is 0.416 e. The molecule has 0 saturated carbocycles. The number of nitrogens with zero attached hydrogens (tertiary/aromatic N) is 2. The van der Waals surface area contributed by atoms with Crippen molar-refractivity contribution < 1.29 is 32.4 Å². The molecule has 32 heavy (non-hydrogen) atoms. The monoisotopic (exact) mass is 449 g/mol. The summed E-state index contributed by atoms with van der Waals surface area (Å²) < 4.78 is 44.1. The third-order valence-corrected chi connectivity index (χ3v) is 4.72. The minimum absolute atomic E-state index is 0.0332. The van der Waals surface area contributed by atoms with Crippen LogP contribution in [0.3, 0.4) is 0 Å². The van der Waals surface area contributed by atoms with E-state index in [2.05, 4.69) is 5.32 Å². The molecule has 168 valence electrons. The van der Waals surface area contributed by atoms with Crippen LogP contribution >= 0.6 is 0 Å². The lowest BCUT2D eigenvalue weighted by Crippen LogP contribution is -2.33. The Morgan fingerprint density at radius 1 is 1.09 bits per heavy atom. The van der Waals surface area contributed by atoms with E-state index >= 15 is 0 Å². The lowest BCUT2D eigenvalue weighted by Gasteiger charge is -2.15. The lowest BCUT2D eigenvalue weighted by molar-refractivity contribution is -0.384. The Morgan fingerprint density at radius 3 is 2.38 bits per heavy atom. The molecule has 8 nitrogen and oxygen atoms in total. The van der Waals surface area contributed by atoms with Gasteiger partial charge in [-0.05, 0) is 42.3 Å². The summed E-state index contributed by atoms with van der Waals surface area (Å²) in [5.74, 6) is -1.37. The summed E-state index contributed by atoms with van der Waals surface area (Å²) in [5.41, 5.74) is -1.24. The summed E-state index contributed by atoms with van der Waals surface area (Å²) in [4.78, 5) is 37.2. The first kappa shape index (κ1) is 22.9. The number of ether oxygens (including phenoxy) is 1. The number of hydrogen-bond acceptors (Lipinski definition) is 6. The molecule has 2 amide bonds. The first-order valence-corrected chi connectivity index (χ1v) is 9.42. The minimum Gasteiger partial charge on any atom is -0.385 e. The molecular weight excluding hydrogens is 431 g/mol. The predicted molar refractivity (Wildman–Crippen MR) is 108 cm³/mol. The number of alkyl halides is 3. The SMILES string of the molecule is COCCCN1C(=O)C(Nc2cccc(C(F)(F)F)c2)=C(c2ccc([N+](=O)[O-])cc2)C1=O. The Bertz CT molecular complexity index is 1080. The zero-order chi connectivity index (χ0) is 23.5. The van der Waals surface area contributed by atoms with E-state index in [1.165, 1.54) is 43.5 Å². The topological polar surface area (TPSA) is 102 Å². The van der Waals surface area contributed by atoms with E-state index in [-0.39, 0.29) is 34.8 Å². The molecule has 0 bridgehead atoms. The number of imide groups is 1. The highest BCUT2D eigenvalue weighted by atomic mass is 19.4. The van der Waals surface area contributed by atoms with Gasteiger partial charge in [0.25, 0.3) is 17.5 Å². The lowest BCUT2D eigenvalue weighted by atomic mass is 10.0. The van der Waals surface area contributed by atoms with Crippen molar-refractivity contribution in [3.8, 4) is 0 Å². The molecule has 0 atom stereocenters. The normalized spacial score (nSPS) is 14.3. The van der Waals surface area contributed by atoms with E-state index in [1.807, 2.05) is 0 Å². The number of carbonyl (C=O) groups is 2. The van der Waals surface area contributed by atoms with Crippen LogP contribution in [0.15, 0.2) is 54.2 Å². The van der Waals surface area contributed by atoms with Crippen molar-refractivity contribution in [2.45, 2.75) is 12.6 Å². The van der Waals surface area contributed by atoms with Crippen LogP contribution in [0.2, 0.25) is 0 Å². The van der Waals surface area contributed by atoms with Crippen molar-refractivity contribution >= 4 is 28.8 Å². The summed E-state index contributed by atoms with van der Waals surface area (Å²) in [5, 5.41) is 13.6. The van der Waals surface area contributed by atoms with Crippen molar-refractivity contribution in [2.75, 3.05) is 25.6 Å². The minimum atomic E-state index is -4.59. The van der Waals surface area contributed by atoms with Gasteiger partial charge >= 0.3 is 6.18 Å². The van der Waals surface area contributed by atoms with Gasteiger partial charge in [0.2, 0.25) is 0 Å². The van der Waals surface area contributed by atoms with Crippen LogP contribution in [0.1, 0.15) is 17.5 Å². The largest absolute Gasteiger partial charge is 0.416 e. The van der Waals surface area contributed by atoms with Gasteiger partial charge in [0, 0.05) is 38.1 Å². The molecule has 0 aliphatic carbocycles. The Kier molecular flexibility index (Phi) is 6.58. The van der Waals surface area contributed by atoms with Gasteiger partial charge in [0.05, 0.1) is 16.1 Å². The zero-order valence-electron chi connectivity index (χ0n) is 16.8. The summed E-state index contributed by atoms with van der Waals surface area (Å²) in [7, 11) is 1.47. The second-order valence-electron chi connectivity index (χ2n) is 6.87. The number of nitro groups is 1. The van der Waals surface area contributed by atoms with Crippen LogP contribution in [0.25, 0.3) is 5.57 Å². The predicted octanol–water partition coefficient (Wildman–Crippen LogP) is 3.84. The van der Waals surface area contributed by atoms with Gasteiger partial charge in [-0.2, -0.15) is 13.2 Å². The number of non-ortho nitro benzene ring substituents is 1. The van der Waals surface area contributed by atoms with Gasteiger partial charge in [-0.1, -0.05) is 6.07 Å². The molecule has 0 aromatic heterocycles. The molecule has 11 heteroatoms. The fourth-order valence-corrected chi connectivity index (χ4v) is 3.20. The van der Waals surface area contributed by atoms with Crippen molar-refractivity contribution in [3.63, 3.8) is 0 Å². The van der Waals surface area contributed by atoms with Crippen LogP contribution in [0, 0.1) is 10.1 Å². The molecular formula is C21H18F3N3O5. The van der Waals surface area contributed by atoms with Crippen LogP contribution in [-0.4, -0.2) is 41.9 Å². The molecule has 2 aromatic rings. The first-order valence-electron chi connectivity index (χ1n) is 9.42. The fourth-order valence-electron chi connectivity index (χ4n) is 3.20. The second kappa shape index (κ2) is 9.18. The summed E-state index contributed by atoms with van der Waals surface area (Å²) in [6.07, 6.45) is -4.23. The average molecular weight is 449 g/mol. The number of anilines is 1. The first-order chi connectivity index (χ1) is 15.1. The molecule has 1 aliphatic heterocycles. The van der Waals surface area contributed by atoms with Gasteiger partial charge < -0.3 is 10.1 Å². The number of nitro benzene ring substituents is 1. The molecule has 1 N–H and O–H groups in total. The molecule has 0 unspecified atom stereocenters. The standard InChI is InChI=1S/C21H18F3N3O5/c1-32-11-3-10-26-19(28)17(13-6-8-16(9-7-13)27(30)31)18(20(26)29)25-15-5-2-4-14(12-15)21(22,23)24/h2,4-9,12,25H,3,10-11H2,1H3. The number of hydrogen-bond donors (Lipinski definition) is 1. The molecule has 3 rings (SSSR count). The maximum atomic E-state index is 13.1. The van der Waals surface area contributed by atoms with Crippen molar-refractivity contribution in [1.29, 1.82) is 0 Å². The number of halogens is 3. The highest BCUT2D eigenvalue weighted by Gasteiger charge is 2.39. The molecule has 0 spiro atoms. The number of rotatable bonds is 8. The summed E-state index contributed by atoms with van der Waals surface area (Å²) >= 11 is 0. The number of carbonyl (C=O) groups excluding carboxylic acids is 2. The van der Waals surface area contributed by atoms with E-state index in [4.69, 9.17) is 4.74 Å². The molecule has 0 fully saturated rings. The van der Waals surface area contributed by atoms with E-state index in [1.54, 1.807) is 0 Å². The Balaban J connectivity index is 2.02. The number of nitrogens with one attached hydrogen (secondary N) is 1. The summed E-state index contributed by atoms with van der Waals surface area (Å²) in [6, 6.07) is 9.19. The second-order valence-corrected chi connectivity index (χ2v) is 6.87. The van der Waals surface area contributed by atoms with E-state index in [0.29, 0.717) is 13.0 Å². The van der Waals surface area contributed by atoms with Gasteiger partial charge in [0.1, 0.15) is 5.70 Å². The molecule has 0 radical (unpaired) electrons. The summed E-state index contributed by atoms with van der Waals surface area (Å²) in [6.45, 7) is 0.329. The smallest absolute Gasteiger partial charge is 0.385 e. The molecule has 1 aliphatic rings. The van der Waals surface area contributed by atoms with Gasteiger partial charge in [-0.25, -0.2) is 0 Å². The zero-order valence-corrected chi connectivity index (χ0v) is 16.8. The number of methoxy groups -OCH3 is 1. The third kappa shape index (κ3) is 4.78. The number of benzene rings is 2. The Hall–Kier alpha value is -3.73. The quantitative estimate of drug-likeness (QED) is 0.284. The van der Waals surface area contributed by atoms with Crippen LogP contribution in [0.4, 0.5) is 24.5 Å². The van der Waals surface area contributed by atoms with Crippen molar-refractivity contribution in [3.05, 3.63) is 75.5 Å². The Morgan fingerprint density at radius 2 is 1.78 bits per heavy atom. The van der Waals surface area contributed by atoms with Crippen LogP contribution in [0.5, 0.6) is 0 Å². The van der Waals surface area contributed by atoms with Crippen LogP contribution < -0.4 is 5.32 Å². The van der Waals surface area contributed by atoms with E-state index in [9.17, 15) is 32.9 Å². The molecule has 2 aromatic carbocycles. The van der Waals surface area contributed by atoms with Crippen molar-refractivity contribution in [1.82, 2.24) is 4.90 Å². The maximum absolute atomic E-state index is 13.1.